The molecule has 24 heavy (non-hydrogen) atoms. The fraction of sp³-hybridized carbons (Fsp3) is 0.412. The maximum atomic E-state index is 12.4. The number of rotatable bonds is 6. The number of phenolic OH excluding ortho intramolecular Hbond substituents is 1. The number of phenols is 1. The molecule has 1 aromatic carbocycles. The quantitative estimate of drug-likeness (QED) is 0.542. The van der Waals surface area contributed by atoms with E-state index in [1.165, 1.54) is 11.0 Å². The van der Waals surface area contributed by atoms with Crippen LogP contribution in [-0.2, 0) is 4.79 Å². The molecule has 0 bridgehead atoms. The highest BCUT2D eigenvalue weighted by molar-refractivity contribution is 9.10. The van der Waals surface area contributed by atoms with E-state index in [0.29, 0.717) is 15.9 Å². The standard InChI is InChI=1S/C17H21BrN2O3S/c1-17(2,19)7-3-4-8-20-15(22)14(24-16(20)23)10-11-5-6-13(21)12(18)9-11/h5-6,9-10,21H,3-4,7-8,19H2,1-2H3/b14-10-. The molecule has 2 rings (SSSR count). The first-order chi connectivity index (χ1) is 11.2. The smallest absolute Gasteiger partial charge is 0.293 e. The Morgan fingerprint density at radius 2 is 2.04 bits per heavy atom. The second-order valence-corrected chi connectivity index (χ2v) is 8.34. The monoisotopic (exact) mass is 412 g/mol. The van der Waals surface area contributed by atoms with Gasteiger partial charge in [-0.3, -0.25) is 14.5 Å². The second kappa shape index (κ2) is 7.72. The number of nitrogens with zero attached hydrogens (tertiary/aromatic N) is 1. The summed E-state index contributed by atoms with van der Waals surface area (Å²) in [5, 5.41) is 9.27. The number of carbonyl (C=O) groups excluding carboxylic acids is 2. The lowest BCUT2D eigenvalue weighted by Crippen LogP contribution is -2.32. The van der Waals surface area contributed by atoms with E-state index in [-0.39, 0.29) is 22.4 Å². The van der Waals surface area contributed by atoms with Crippen LogP contribution < -0.4 is 5.73 Å². The SMILES string of the molecule is CC(C)(N)CCCCN1C(=O)S/C(=C\c2ccc(O)c(Br)c2)C1=O. The van der Waals surface area contributed by atoms with Crippen LogP contribution in [0.3, 0.4) is 0 Å². The normalized spacial score (nSPS) is 17.2. The third-order valence-electron chi connectivity index (χ3n) is 3.60. The molecule has 1 saturated heterocycles. The number of hydrogen-bond acceptors (Lipinski definition) is 5. The van der Waals surface area contributed by atoms with Crippen molar-refractivity contribution in [2.75, 3.05) is 6.54 Å². The van der Waals surface area contributed by atoms with Crippen molar-refractivity contribution in [2.45, 2.75) is 38.6 Å². The fourth-order valence-electron chi connectivity index (χ4n) is 2.31. The number of nitrogens with two attached hydrogens (primary N) is 1. The number of benzene rings is 1. The molecule has 3 N–H and O–H groups in total. The van der Waals surface area contributed by atoms with Crippen LogP contribution in [0, 0.1) is 0 Å². The maximum absolute atomic E-state index is 12.4. The van der Waals surface area contributed by atoms with Gasteiger partial charge in [-0.25, -0.2) is 0 Å². The molecule has 1 heterocycles. The zero-order valence-electron chi connectivity index (χ0n) is 13.7. The van der Waals surface area contributed by atoms with Gasteiger partial charge in [-0.05, 0) is 84.6 Å². The molecule has 0 unspecified atom stereocenters. The van der Waals surface area contributed by atoms with Crippen molar-refractivity contribution >= 4 is 44.9 Å². The van der Waals surface area contributed by atoms with Gasteiger partial charge in [-0.2, -0.15) is 0 Å². The van der Waals surface area contributed by atoms with Gasteiger partial charge >= 0.3 is 0 Å². The molecule has 1 aliphatic heterocycles. The van der Waals surface area contributed by atoms with Crippen LogP contribution in [0.2, 0.25) is 0 Å². The molecule has 2 amide bonds. The Balaban J connectivity index is 2.00. The van der Waals surface area contributed by atoms with Gasteiger partial charge in [0, 0.05) is 12.1 Å². The van der Waals surface area contributed by atoms with E-state index in [9.17, 15) is 14.7 Å². The Labute approximate surface area is 154 Å². The highest BCUT2D eigenvalue weighted by atomic mass is 79.9. The van der Waals surface area contributed by atoms with E-state index in [1.807, 2.05) is 13.8 Å². The fourth-order valence-corrected chi connectivity index (χ4v) is 3.57. The number of thioether (sulfide) groups is 1. The van der Waals surface area contributed by atoms with Crippen LogP contribution in [0.15, 0.2) is 27.6 Å². The molecule has 0 aliphatic carbocycles. The number of carbonyl (C=O) groups is 2. The molecule has 1 fully saturated rings. The molecular weight excluding hydrogens is 392 g/mol. The average Bonchev–Trinajstić information content (AvgIpc) is 2.73. The highest BCUT2D eigenvalue weighted by Gasteiger charge is 2.34. The molecule has 0 spiro atoms. The Morgan fingerprint density at radius 1 is 1.33 bits per heavy atom. The molecular formula is C17H21BrN2O3S. The van der Waals surface area contributed by atoms with E-state index in [4.69, 9.17) is 5.73 Å². The summed E-state index contributed by atoms with van der Waals surface area (Å²) in [7, 11) is 0. The predicted octanol–water partition coefficient (Wildman–Crippen LogP) is 4.10. The number of amides is 2. The Kier molecular flexibility index (Phi) is 6.11. The summed E-state index contributed by atoms with van der Waals surface area (Å²) in [4.78, 5) is 26.1. The lowest BCUT2D eigenvalue weighted by molar-refractivity contribution is -0.122. The van der Waals surface area contributed by atoms with Gasteiger partial charge in [0.1, 0.15) is 5.75 Å². The topological polar surface area (TPSA) is 83.6 Å². The van der Waals surface area contributed by atoms with Crippen molar-refractivity contribution in [3.63, 3.8) is 0 Å². The summed E-state index contributed by atoms with van der Waals surface area (Å²) in [5.41, 5.74) is 6.45. The van der Waals surface area contributed by atoms with Crippen LogP contribution >= 0.6 is 27.7 Å². The summed E-state index contributed by atoms with van der Waals surface area (Å²) < 4.78 is 0.542. The van der Waals surface area contributed by atoms with Gasteiger partial charge in [-0.15, -0.1) is 0 Å². The average molecular weight is 413 g/mol. The second-order valence-electron chi connectivity index (χ2n) is 6.49. The van der Waals surface area contributed by atoms with Crippen molar-refractivity contribution < 1.29 is 14.7 Å². The number of halogens is 1. The first-order valence-corrected chi connectivity index (χ1v) is 9.31. The first-order valence-electron chi connectivity index (χ1n) is 7.70. The summed E-state index contributed by atoms with van der Waals surface area (Å²) in [6.45, 7) is 4.34. The minimum atomic E-state index is -0.263. The van der Waals surface area contributed by atoms with E-state index >= 15 is 0 Å². The Bertz CT molecular complexity index is 683. The van der Waals surface area contributed by atoms with Crippen LogP contribution in [0.25, 0.3) is 6.08 Å². The molecule has 1 aromatic rings. The van der Waals surface area contributed by atoms with Gasteiger partial charge < -0.3 is 10.8 Å². The predicted molar refractivity (Wildman–Crippen MR) is 101 cm³/mol. The summed E-state index contributed by atoms with van der Waals surface area (Å²) in [5.74, 6) is -0.135. The summed E-state index contributed by atoms with van der Waals surface area (Å²) in [6, 6.07) is 4.93. The van der Waals surface area contributed by atoms with Gasteiger partial charge in [0.05, 0.1) is 9.38 Å². The first kappa shape index (κ1) is 19.0. The zero-order valence-corrected chi connectivity index (χ0v) is 16.1. The minimum absolute atomic E-state index is 0.128. The molecule has 5 nitrogen and oxygen atoms in total. The molecule has 1 aliphatic rings. The molecule has 0 aromatic heterocycles. The minimum Gasteiger partial charge on any atom is -0.507 e. The van der Waals surface area contributed by atoms with Crippen molar-refractivity contribution in [3.8, 4) is 5.75 Å². The largest absolute Gasteiger partial charge is 0.507 e. The molecule has 0 saturated carbocycles. The van der Waals surface area contributed by atoms with Gasteiger partial charge in [0.2, 0.25) is 0 Å². The number of unbranched alkanes of at least 4 members (excludes halogenated alkanes) is 1. The Morgan fingerprint density at radius 3 is 2.67 bits per heavy atom. The molecule has 0 atom stereocenters. The third kappa shape index (κ3) is 5.09. The molecule has 130 valence electrons. The van der Waals surface area contributed by atoms with Crippen molar-refractivity contribution in [3.05, 3.63) is 33.1 Å². The van der Waals surface area contributed by atoms with Crippen LogP contribution in [-0.4, -0.2) is 33.2 Å². The van der Waals surface area contributed by atoms with E-state index in [0.717, 1.165) is 36.6 Å². The van der Waals surface area contributed by atoms with Gasteiger partial charge in [-0.1, -0.05) is 6.07 Å². The third-order valence-corrected chi connectivity index (χ3v) is 5.14. The van der Waals surface area contributed by atoms with E-state index in [2.05, 4.69) is 15.9 Å². The number of imide groups is 1. The Hall–Kier alpha value is -1.31. The maximum Gasteiger partial charge on any atom is 0.293 e. The van der Waals surface area contributed by atoms with E-state index in [1.54, 1.807) is 18.2 Å². The number of hydrogen-bond donors (Lipinski definition) is 2. The van der Waals surface area contributed by atoms with Crippen molar-refractivity contribution in [1.82, 2.24) is 4.90 Å². The molecule has 0 radical (unpaired) electrons. The van der Waals surface area contributed by atoms with Gasteiger partial charge in [0.15, 0.2) is 0 Å². The number of aromatic hydroxyl groups is 1. The summed E-state index contributed by atoms with van der Waals surface area (Å²) in [6.07, 6.45) is 4.13. The van der Waals surface area contributed by atoms with Crippen LogP contribution in [0.1, 0.15) is 38.7 Å². The van der Waals surface area contributed by atoms with Crippen molar-refractivity contribution in [1.29, 1.82) is 0 Å². The lowest BCUT2D eigenvalue weighted by atomic mass is 9.99. The lowest BCUT2D eigenvalue weighted by Gasteiger charge is -2.19. The zero-order chi connectivity index (χ0) is 17.9. The van der Waals surface area contributed by atoms with Gasteiger partial charge in [0.25, 0.3) is 11.1 Å². The van der Waals surface area contributed by atoms with Crippen LogP contribution in [0.4, 0.5) is 4.79 Å². The highest BCUT2D eigenvalue weighted by Crippen LogP contribution is 2.33. The molecule has 7 heteroatoms. The summed E-state index contributed by atoms with van der Waals surface area (Å²) >= 11 is 4.18. The van der Waals surface area contributed by atoms with Crippen molar-refractivity contribution in [2.24, 2.45) is 5.73 Å². The van der Waals surface area contributed by atoms with Crippen LogP contribution in [0.5, 0.6) is 5.75 Å². The van der Waals surface area contributed by atoms with E-state index < -0.39 is 0 Å².